The number of carbonyl (C=O) groups is 1. The maximum atomic E-state index is 12.9. The average molecular weight is 239 g/mol. The van der Waals surface area contributed by atoms with E-state index < -0.39 is 11.7 Å². The zero-order chi connectivity index (χ0) is 12.5. The Hall–Kier alpha value is -1.62. The molecule has 2 N–H and O–H groups in total. The van der Waals surface area contributed by atoms with Gasteiger partial charge in [0, 0.05) is 12.0 Å². The Morgan fingerprint density at radius 3 is 2.88 bits per heavy atom. The van der Waals surface area contributed by atoms with Gasteiger partial charge in [0.2, 0.25) is 0 Å². The van der Waals surface area contributed by atoms with Crippen LogP contribution in [0.2, 0.25) is 0 Å². The van der Waals surface area contributed by atoms with Crippen molar-refractivity contribution in [1.82, 2.24) is 5.32 Å². The van der Waals surface area contributed by atoms with E-state index in [0.717, 1.165) is 12.1 Å². The molecule has 0 saturated carbocycles. The quantitative estimate of drug-likeness (QED) is 0.835. The van der Waals surface area contributed by atoms with Gasteiger partial charge < -0.3 is 15.2 Å². The molecule has 0 spiro atoms. The first-order valence-corrected chi connectivity index (χ1v) is 5.35. The molecule has 1 saturated heterocycles. The molecule has 17 heavy (non-hydrogen) atoms. The Kier molecular flexibility index (Phi) is 3.02. The van der Waals surface area contributed by atoms with Gasteiger partial charge in [-0.2, -0.15) is 0 Å². The third kappa shape index (κ3) is 2.55. The van der Waals surface area contributed by atoms with Crippen LogP contribution in [-0.2, 0) is 4.74 Å². The van der Waals surface area contributed by atoms with E-state index in [-0.39, 0.29) is 16.7 Å². The highest BCUT2D eigenvalue weighted by Gasteiger charge is 2.33. The summed E-state index contributed by atoms with van der Waals surface area (Å²) in [4.78, 5) is 11.7. The molecular formula is C12H14FNO3. The Labute approximate surface area is 98.4 Å². The summed E-state index contributed by atoms with van der Waals surface area (Å²) < 4.78 is 18.0. The fraction of sp³-hybridized carbons (Fsp3) is 0.417. The highest BCUT2D eigenvalue weighted by molar-refractivity contribution is 5.96. The van der Waals surface area contributed by atoms with Crippen molar-refractivity contribution in [2.75, 3.05) is 19.8 Å². The van der Waals surface area contributed by atoms with E-state index in [4.69, 9.17) is 4.74 Å². The topological polar surface area (TPSA) is 58.6 Å². The minimum absolute atomic E-state index is 0.0474. The van der Waals surface area contributed by atoms with E-state index >= 15 is 0 Å². The van der Waals surface area contributed by atoms with Gasteiger partial charge in [-0.3, -0.25) is 4.79 Å². The summed E-state index contributed by atoms with van der Waals surface area (Å²) in [6.07, 6.45) is 0. The molecule has 0 aliphatic carbocycles. The predicted octanol–water partition coefficient (Wildman–Crippen LogP) is 1.30. The number of hydrogen-bond donors (Lipinski definition) is 2. The number of nitrogens with one attached hydrogen (secondary N) is 1. The molecular weight excluding hydrogens is 225 g/mol. The van der Waals surface area contributed by atoms with Crippen LogP contribution in [-0.4, -0.2) is 30.8 Å². The number of phenols is 1. The number of hydrogen-bond acceptors (Lipinski definition) is 3. The molecule has 0 radical (unpaired) electrons. The van der Waals surface area contributed by atoms with Crippen LogP contribution in [0.3, 0.4) is 0 Å². The lowest BCUT2D eigenvalue weighted by Gasteiger charge is -2.38. The average Bonchev–Trinajstić information content (AvgIpc) is 2.26. The van der Waals surface area contributed by atoms with Crippen LogP contribution in [0.25, 0.3) is 0 Å². The van der Waals surface area contributed by atoms with Gasteiger partial charge >= 0.3 is 0 Å². The minimum Gasteiger partial charge on any atom is -0.507 e. The molecule has 4 nitrogen and oxygen atoms in total. The van der Waals surface area contributed by atoms with Crippen LogP contribution >= 0.6 is 0 Å². The number of halogens is 1. The summed E-state index contributed by atoms with van der Waals surface area (Å²) >= 11 is 0. The Morgan fingerprint density at radius 1 is 1.59 bits per heavy atom. The fourth-order valence-corrected chi connectivity index (χ4v) is 1.63. The zero-order valence-corrected chi connectivity index (χ0v) is 9.50. The normalized spacial score (nSPS) is 17.3. The summed E-state index contributed by atoms with van der Waals surface area (Å²) in [6.45, 7) is 3.63. The monoisotopic (exact) mass is 239 g/mol. The van der Waals surface area contributed by atoms with Gasteiger partial charge in [0.15, 0.2) is 0 Å². The third-order valence-electron chi connectivity index (χ3n) is 2.78. The zero-order valence-electron chi connectivity index (χ0n) is 9.50. The lowest BCUT2D eigenvalue weighted by atomic mass is 9.88. The van der Waals surface area contributed by atoms with Crippen molar-refractivity contribution >= 4 is 5.91 Å². The molecule has 1 aliphatic heterocycles. The molecule has 1 heterocycles. The van der Waals surface area contributed by atoms with Crippen molar-refractivity contribution in [1.29, 1.82) is 0 Å². The highest BCUT2D eigenvalue weighted by Crippen LogP contribution is 2.25. The van der Waals surface area contributed by atoms with Gasteiger partial charge in [-0.15, -0.1) is 0 Å². The fourth-order valence-electron chi connectivity index (χ4n) is 1.63. The Bertz CT molecular complexity index is 443. The maximum absolute atomic E-state index is 12.9. The van der Waals surface area contributed by atoms with Crippen molar-refractivity contribution in [3.63, 3.8) is 0 Å². The molecule has 1 aromatic rings. The number of carbonyl (C=O) groups excluding carboxylic acids is 1. The SMILES string of the molecule is CC1(CNC(=O)c2cc(F)ccc2O)COC1. The van der Waals surface area contributed by atoms with Crippen LogP contribution in [0, 0.1) is 11.2 Å². The van der Waals surface area contributed by atoms with Crippen LogP contribution in [0.5, 0.6) is 5.75 Å². The highest BCUT2D eigenvalue weighted by atomic mass is 19.1. The molecule has 0 bridgehead atoms. The van der Waals surface area contributed by atoms with E-state index in [1.165, 1.54) is 6.07 Å². The van der Waals surface area contributed by atoms with Crippen molar-refractivity contribution in [3.8, 4) is 5.75 Å². The van der Waals surface area contributed by atoms with Crippen LogP contribution in [0.1, 0.15) is 17.3 Å². The number of phenolic OH excluding ortho intramolecular Hbond substituents is 1. The van der Waals surface area contributed by atoms with Crippen molar-refractivity contribution in [2.45, 2.75) is 6.92 Å². The van der Waals surface area contributed by atoms with E-state index in [1.807, 2.05) is 6.92 Å². The molecule has 92 valence electrons. The van der Waals surface area contributed by atoms with Crippen LogP contribution in [0.15, 0.2) is 18.2 Å². The standard InChI is InChI=1S/C12H14FNO3/c1-12(6-17-7-12)5-14-11(16)9-4-8(13)2-3-10(9)15/h2-4,15H,5-7H2,1H3,(H,14,16). The molecule has 5 heteroatoms. The van der Waals surface area contributed by atoms with Crippen molar-refractivity contribution in [3.05, 3.63) is 29.6 Å². The third-order valence-corrected chi connectivity index (χ3v) is 2.78. The second kappa shape index (κ2) is 4.33. The largest absolute Gasteiger partial charge is 0.507 e. The summed E-state index contributed by atoms with van der Waals surface area (Å²) in [5.74, 6) is -1.25. The van der Waals surface area contributed by atoms with Crippen molar-refractivity contribution in [2.24, 2.45) is 5.41 Å². The summed E-state index contributed by atoms with van der Waals surface area (Å²) in [5, 5.41) is 12.1. The van der Waals surface area contributed by atoms with E-state index in [2.05, 4.69) is 5.32 Å². The van der Waals surface area contributed by atoms with E-state index in [1.54, 1.807) is 0 Å². The molecule has 0 aromatic heterocycles. The number of amides is 1. The van der Waals surface area contributed by atoms with Gasteiger partial charge in [0.05, 0.1) is 18.8 Å². The summed E-state index contributed by atoms with van der Waals surface area (Å²) in [6, 6.07) is 3.29. The lowest BCUT2D eigenvalue weighted by molar-refractivity contribution is -0.0978. The number of ether oxygens (including phenoxy) is 1. The molecule has 0 atom stereocenters. The predicted molar refractivity (Wildman–Crippen MR) is 59.3 cm³/mol. The van der Waals surface area contributed by atoms with Gasteiger partial charge in [0.25, 0.3) is 5.91 Å². The second-order valence-corrected chi connectivity index (χ2v) is 4.65. The molecule has 1 amide bonds. The lowest BCUT2D eigenvalue weighted by Crippen LogP contribution is -2.48. The first kappa shape index (κ1) is 11.9. The molecule has 1 fully saturated rings. The van der Waals surface area contributed by atoms with Crippen molar-refractivity contribution < 1.29 is 19.0 Å². The summed E-state index contributed by atoms with van der Waals surface area (Å²) in [5.41, 5.74) is -0.104. The van der Waals surface area contributed by atoms with Gasteiger partial charge in [-0.05, 0) is 18.2 Å². The summed E-state index contributed by atoms with van der Waals surface area (Å²) in [7, 11) is 0. The van der Waals surface area contributed by atoms with Gasteiger partial charge in [-0.1, -0.05) is 6.92 Å². The first-order valence-electron chi connectivity index (χ1n) is 5.35. The smallest absolute Gasteiger partial charge is 0.255 e. The molecule has 0 unspecified atom stereocenters. The van der Waals surface area contributed by atoms with Gasteiger partial charge in [-0.25, -0.2) is 4.39 Å². The van der Waals surface area contributed by atoms with E-state index in [9.17, 15) is 14.3 Å². The first-order chi connectivity index (χ1) is 8.00. The van der Waals surface area contributed by atoms with Crippen LogP contribution in [0.4, 0.5) is 4.39 Å². The number of rotatable bonds is 3. The van der Waals surface area contributed by atoms with E-state index in [0.29, 0.717) is 19.8 Å². The molecule has 2 rings (SSSR count). The number of aromatic hydroxyl groups is 1. The van der Waals surface area contributed by atoms with Crippen LogP contribution < -0.4 is 5.32 Å². The second-order valence-electron chi connectivity index (χ2n) is 4.65. The maximum Gasteiger partial charge on any atom is 0.255 e. The molecule has 1 aromatic carbocycles. The van der Waals surface area contributed by atoms with Gasteiger partial charge in [0.1, 0.15) is 11.6 Å². The molecule has 1 aliphatic rings. The Morgan fingerprint density at radius 2 is 2.29 bits per heavy atom. The number of benzene rings is 1. The minimum atomic E-state index is -0.550. The Balaban J connectivity index is 2.01.